The Morgan fingerprint density at radius 3 is 2.71 bits per heavy atom. The first-order valence-electron chi connectivity index (χ1n) is 9.95. The Labute approximate surface area is 190 Å². The Bertz CT molecular complexity index is 1590. The maximum absolute atomic E-state index is 14.5. The molecule has 0 fully saturated rings. The molecule has 1 aliphatic rings. The first-order chi connectivity index (χ1) is 16.4. The molecule has 1 atom stereocenters. The molecular weight excluding hydrogens is 444 g/mol. The first kappa shape index (κ1) is 21.0. The van der Waals surface area contributed by atoms with Gasteiger partial charge in [-0.25, -0.2) is 13.8 Å². The summed E-state index contributed by atoms with van der Waals surface area (Å²) in [7, 11) is 0. The number of nitrogens with zero attached hydrogens (tertiary/aromatic N) is 4. The summed E-state index contributed by atoms with van der Waals surface area (Å²) in [4.78, 5) is 15.1. The van der Waals surface area contributed by atoms with Gasteiger partial charge in [0.15, 0.2) is 0 Å². The number of nitro benzene ring substituents is 1. The Hall–Kier alpha value is -4.91. The molecule has 8 nitrogen and oxygen atoms in total. The van der Waals surface area contributed by atoms with Gasteiger partial charge in [0, 0.05) is 29.7 Å². The highest BCUT2D eigenvalue weighted by Crippen LogP contribution is 2.45. The number of fused-ring (bicyclic) bond motifs is 2. The molecule has 5 rings (SSSR count). The van der Waals surface area contributed by atoms with Crippen LogP contribution in [0.2, 0.25) is 0 Å². The van der Waals surface area contributed by atoms with Crippen LogP contribution in [0.3, 0.4) is 0 Å². The number of rotatable bonds is 3. The molecule has 1 aliphatic heterocycles. The van der Waals surface area contributed by atoms with Crippen molar-refractivity contribution in [2.45, 2.75) is 5.92 Å². The van der Waals surface area contributed by atoms with E-state index in [1.807, 2.05) is 6.07 Å². The number of hydrogen-bond acceptors (Lipinski definition) is 6. The number of ether oxygens (including phenoxy) is 1. The van der Waals surface area contributed by atoms with Gasteiger partial charge < -0.3 is 4.74 Å². The standard InChI is InChI=1S/C24H13F2N5O3/c25-15-5-7-19(18(26)10-15)30-12-29-24-22(23(30)28)21(14-2-1-3-16(9-14)31(32)33)17-6-4-13(11-27)8-20(17)34-24/h1-10,12,21,28H. The van der Waals surface area contributed by atoms with Crippen molar-refractivity contribution >= 4 is 5.69 Å². The second-order valence-corrected chi connectivity index (χ2v) is 7.53. The van der Waals surface area contributed by atoms with Crippen molar-refractivity contribution in [3.8, 4) is 23.4 Å². The van der Waals surface area contributed by atoms with Gasteiger partial charge in [0.2, 0.25) is 5.88 Å². The fourth-order valence-corrected chi connectivity index (χ4v) is 4.02. The lowest BCUT2D eigenvalue weighted by Crippen LogP contribution is -2.29. The number of benzene rings is 3. The molecule has 1 aromatic heterocycles. The number of hydrogen-bond donors (Lipinski definition) is 1. The molecule has 1 unspecified atom stereocenters. The van der Waals surface area contributed by atoms with Crippen molar-refractivity contribution in [3.63, 3.8) is 0 Å². The minimum atomic E-state index is -0.886. The van der Waals surface area contributed by atoms with Gasteiger partial charge in [-0.05, 0) is 29.8 Å². The number of nitriles is 1. The minimum Gasteiger partial charge on any atom is -0.438 e. The molecule has 0 amide bonds. The van der Waals surface area contributed by atoms with Gasteiger partial charge in [-0.1, -0.05) is 18.2 Å². The molecule has 3 aromatic carbocycles. The zero-order chi connectivity index (χ0) is 24.0. The third kappa shape index (κ3) is 3.36. The van der Waals surface area contributed by atoms with E-state index >= 15 is 0 Å². The molecule has 166 valence electrons. The summed E-state index contributed by atoms with van der Waals surface area (Å²) in [6, 6.07) is 15.7. The van der Waals surface area contributed by atoms with Crippen LogP contribution in [0.1, 0.15) is 28.2 Å². The third-order valence-electron chi connectivity index (χ3n) is 5.55. The van der Waals surface area contributed by atoms with Crippen LogP contribution in [0, 0.1) is 38.5 Å². The first-order valence-corrected chi connectivity index (χ1v) is 9.95. The molecule has 4 aromatic rings. The Morgan fingerprint density at radius 1 is 1.15 bits per heavy atom. The highest BCUT2D eigenvalue weighted by atomic mass is 19.1. The normalized spacial score (nSPS) is 13.9. The van der Waals surface area contributed by atoms with E-state index in [0.717, 1.165) is 10.6 Å². The lowest BCUT2D eigenvalue weighted by atomic mass is 9.83. The average Bonchev–Trinajstić information content (AvgIpc) is 2.83. The van der Waals surface area contributed by atoms with Crippen molar-refractivity contribution < 1.29 is 18.4 Å². The van der Waals surface area contributed by atoms with Gasteiger partial charge in [0.25, 0.3) is 5.69 Å². The van der Waals surface area contributed by atoms with Crippen LogP contribution in [0.5, 0.6) is 11.6 Å². The Balaban J connectivity index is 1.79. The largest absolute Gasteiger partial charge is 0.438 e. The zero-order valence-corrected chi connectivity index (χ0v) is 17.2. The molecule has 0 aliphatic carbocycles. The molecule has 34 heavy (non-hydrogen) atoms. The molecule has 0 radical (unpaired) electrons. The van der Waals surface area contributed by atoms with Crippen molar-refractivity contribution in [3.05, 3.63) is 116 Å². The van der Waals surface area contributed by atoms with Crippen LogP contribution in [0.15, 0.2) is 67.0 Å². The van der Waals surface area contributed by atoms with Crippen LogP contribution in [0.25, 0.3) is 5.69 Å². The summed E-state index contributed by atoms with van der Waals surface area (Å²) < 4.78 is 35.0. The molecular formula is C24H13F2N5O3. The number of non-ortho nitro benzene ring substituents is 1. The quantitative estimate of drug-likeness (QED) is 0.311. The second kappa shape index (κ2) is 7.90. The van der Waals surface area contributed by atoms with Gasteiger partial charge in [-0.15, -0.1) is 0 Å². The van der Waals surface area contributed by atoms with Gasteiger partial charge >= 0.3 is 0 Å². The van der Waals surface area contributed by atoms with Crippen molar-refractivity contribution in [2.75, 3.05) is 0 Å². The van der Waals surface area contributed by atoms with Gasteiger partial charge in [-0.2, -0.15) is 5.26 Å². The summed E-state index contributed by atoms with van der Waals surface area (Å²) in [6.07, 6.45) is 1.18. The average molecular weight is 457 g/mol. The summed E-state index contributed by atoms with van der Waals surface area (Å²) in [5, 5.41) is 29.5. The SMILES string of the molecule is N#Cc1ccc2c(c1)Oc1ncn(-c3ccc(F)cc3F)c(=N)c1C2c1cccc([N+](=O)[O-])c1. The van der Waals surface area contributed by atoms with Crippen molar-refractivity contribution in [2.24, 2.45) is 0 Å². The summed E-state index contributed by atoms with van der Waals surface area (Å²) in [6.45, 7) is 0. The molecule has 0 bridgehead atoms. The van der Waals surface area contributed by atoms with E-state index in [1.54, 1.807) is 18.2 Å². The lowest BCUT2D eigenvalue weighted by Gasteiger charge is -2.28. The van der Waals surface area contributed by atoms with Crippen LogP contribution in [0.4, 0.5) is 14.5 Å². The highest BCUT2D eigenvalue weighted by molar-refractivity contribution is 5.59. The zero-order valence-electron chi connectivity index (χ0n) is 17.2. The highest BCUT2D eigenvalue weighted by Gasteiger charge is 2.33. The van der Waals surface area contributed by atoms with Crippen molar-refractivity contribution in [1.82, 2.24) is 9.55 Å². The fraction of sp³-hybridized carbons (Fsp3) is 0.0417. The molecule has 1 N–H and O–H groups in total. The van der Waals surface area contributed by atoms with Gasteiger partial charge in [0.1, 0.15) is 29.2 Å². The minimum absolute atomic E-state index is 0.0443. The van der Waals surface area contributed by atoms with Crippen LogP contribution >= 0.6 is 0 Å². The molecule has 0 spiro atoms. The Kier molecular flexibility index (Phi) is 4.87. The summed E-state index contributed by atoms with van der Waals surface area (Å²) in [5.74, 6) is -2.02. The number of halogens is 2. The van der Waals surface area contributed by atoms with E-state index in [2.05, 4.69) is 4.98 Å². The van der Waals surface area contributed by atoms with Gasteiger partial charge in [-0.3, -0.25) is 20.1 Å². The smallest absolute Gasteiger partial charge is 0.269 e. The van der Waals surface area contributed by atoms with E-state index in [4.69, 9.17) is 10.1 Å². The number of aromatic nitrogens is 2. The second-order valence-electron chi connectivity index (χ2n) is 7.53. The topological polar surface area (TPSA) is 118 Å². The van der Waals surface area contributed by atoms with Crippen LogP contribution < -0.4 is 10.2 Å². The van der Waals surface area contributed by atoms with Crippen molar-refractivity contribution in [1.29, 1.82) is 10.7 Å². The monoisotopic (exact) mass is 457 g/mol. The van der Waals surface area contributed by atoms with E-state index in [1.165, 1.54) is 36.7 Å². The van der Waals surface area contributed by atoms with E-state index in [-0.39, 0.29) is 28.3 Å². The molecule has 2 heterocycles. The summed E-state index contributed by atoms with van der Waals surface area (Å²) >= 11 is 0. The maximum Gasteiger partial charge on any atom is 0.269 e. The molecule has 0 saturated carbocycles. The number of nitrogens with one attached hydrogen (secondary N) is 1. The summed E-state index contributed by atoms with van der Waals surface area (Å²) in [5.41, 5.74) is 1.19. The van der Waals surface area contributed by atoms with Gasteiger partial charge in [0.05, 0.1) is 27.8 Å². The number of nitro groups is 1. The lowest BCUT2D eigenvalue weighted by molar-refractivity contribution is -0.384. The molecule has 10 heteroatoms. The third-order valence-corrected chi connectivity index (χ3v) is 5.55. The van der Waals surface area contributed by atoms with Crippen LogP contribution in [-0.4, -0.2) is 14.5 Å². The Morgan fingerprint density at radius 2 is 1.97 bits per heavy atom. The van der Waals surface area contributed by atoms with E-state index in [0.29, 0.717) is 28.5 Å². The van der Waals surface area contributed by atoms with E-state index in [9.17, 15) is 24.2 Å². The van der Waals surface area contributed by atoms with E-state index < -0.39 is 22.5 Å². The molecule has 0 saturated heterocycles. The maximum atomic E-state index is 14.5. The fourth-order valence-electron chi connectivity index (χ4n) is 4.02. The van der Waals surface area contributed by atoms with Crippen LogP contribution in [-0.2, 0) is 0 Å². The predicted molar refractivity (Wildman–Crippen MR) is 115 cm³/mol. The predicted octanol–water partition coefficient (Wildman–Crippen LogP) is 4.70.